The lowest BCUT2D eigenvalue weighted by atomic mass is 9.81. The maximum absolute atomic E-state index is 2.43. The molecule has 1 nitrogen and oxygen atoms in total. The minimum atomic E-state index is -0.00529. The summed E-state index contributed by atoms with van der Waals surface area (Å²) in [5, 5.41) is 2.57. The topological polar surface area (TPSA) is 4.93 Å². The molecule has 0 fully saturated rings. The van der Waals surface area contributed by atoms with Crippen LogP contribution < -0.4 is 0 Å². The molecule has 7 aromatic carbocycles. The summed E-state index contributed by atoms with van der Waals surface area (Å²) < 4.78 is 2.38. The molecular formula is C46H33N. The van der Waals surface area contributed by atoms with Crippen molar-refractivity contribution in [3.8, 4) is 50.2 Å². The number of fused-ring (bicyclic) bond motifs is 9. The summed E-state index contributed by atoms with van der Waals surface area (Å²) in [6.07, 6.45) is 0.987. The van der Waals surface area contributed by atoms with Gasteiger partial charge in [-0.05, 0) is 122 Å². The number of nitrogens with zero attached hydrogens (tertiary/aromatic N) is 1. The molecule has 0 spiro atoms. The fraction of sp³-hybridized carbons (Fsp3) is 0.0870. The van der Waals surface area contributed by atoms with Crippen LogP contribution in [0.5, 0.6) is 0 Å². The van der Waals surface area contributed by atoms with Crippen molar-refractivity contribution in [2.24, 2.45) is 0 Å². The van der Waals surface area contributed by atoms with Gasteiger partial charge in [0.1, 0.15) is 0 Å². The normalized spacial score (nSPS) is 13.8. The lowest BCUT2D eigenvalue weighted by Gasteiger charge is -2.22. The van der Waals surface area contributed by atoms with Crippen molar-refractivity contribution in [2.75, 3.05) is 0 Å². The second-order valence-electron chi connectivity index (χ2n) is 13.8. The van der Waals surface area contributed by atoms with E-state index in [-0.39, 0.29) is 5.41 Å². The smallest absolute Gasteiger partial charge is 0.0541 e. The Morgan fingerprint density at radius 3 is 1.79 bits per heavy atom. The first kappa shape index (κ1) is 26.5. The Labute approximate surface area is 275 Å². The summed E-state index contributed by atoms with van der Waals surface area (Å²) >= 11 is 0. The van der Waals surface area contributed by atoms with Gasteiger partial charge in [0.25, 0.3) is 0 Å². The average Bonchev–Trinajstić information content (AvgIpc) is 3.73. The molecule has 0 aliphatic heterocycles. The highest BCUT2D eigenvalue weighted by Gasteiger charge is 2.35. The largest absolute Gasteiger partial charge is 0.309 e. The van der Waals surface area contributed by atoms with Gasteiger partial charge >= 0.3 is 0 Å². The molecule has 47 heavy (non-hydrogen) atoms. The van der Waals surface area contributed by atoms with Crippen molar-refractivity contribution < 1.29 is 0 Å². The zero-order valence-electron chi connectivity index (χ0n) is 26.6. The summed E-state index contributed by atoms with van der Waals surface area (Å²) in [6.45, 7) is 4.72. The van der Waals surface area contributed by atoms with Gasteiger partial charge in [-0.1, -0.05) is 117 Å². The van der Waals surface area contributed by atoms with Crippen LogP contribution in [0, 0.1) is 0 Å². The third kappa shape index (κ3) is 3.84. The fourth-order valence-electron chi connectivity index (χ4n) is 8.42. The highest BCUT2D eigenvalue weighted by molar-refractivity contribution is 6.10. The third-order valence-corrected chi connectivity index (χ3v) is 10.8. The van der Waals surface area contributed by atoms with Crippen LogP contribution in [0.25, 0.3) is 72.0 Å². The molecule has 10 rings (SSSR count). The van der Waals surface area contributed by atoms with Crippen molar-refractivity contribution in [3.05, 3.63) is 174 Å². The van der Waals surface area contributed by atoms with Crippen molar-refractivity contribution in [2.45, 2.75) is 25.7 Å². The first-order valence-corrected chi connectivity index (χ1v) is 16.6. The van der Waals surface area contributed by atoms with E-state index in [9.17, 15) is 0 Å². The van der Waals surface area contributed by atoms with E-state index in [0.29, 0.717) is 0 Å². The number of rotatable bonds is 3. The molecule has 0 bridgehead atoms. The molecule has 0 saturated carbocycles. The molecule has 0 atom stereocenters. The predicted molar refractivity (Wildman–Crippen MR) is 197 cm³/mol. The predicted octanol–water partition coefficient (Wildman–Crippen LogP) is 12.0. The SMILES string of the molecule is CC1(C)c2ccccc2-c2ccc(-c3ccc4c(c3)-c3cc(-c5ccc6c(c5)c5ccccc5n6-c5ccccc5)ccc3C4)cc21. The van der Waals surface area contributed by atoms with Gasteiger partial charge in [-0.25, -0.2) is 0 Å². The van der Waals surface area contributed by atoms with E-state index in [4.69, 9.17) is 0 Å². The zero-order chi connectivity index (χ0) is 31.3. The molecule has 8 aromatic rings. The molecule has 0 radical (unpaired) electrons. The van der Waals surface area contributed by atoms with Crippen molar-refractivity contribution in [3.63, 3.8) is 0 Å². The lowest BCUT2D eigenvalue weighted by molar-refractivity contribution is 0.660. The van der Waals surface area contributed by atoms with E-state index < -0.39 is 0 Å². The van der Waals surface area contributed by atoms with E-state index in [1.165, 1.54) is 94.3 Å². The number of hydrogen-bond donors (Lipinski definition) is 0. The quantitative estimate of drug-likeness (QED) is 0.190. The highest BCUT2D eigenvalue weighted by Crippen LogP contribution is 2.50. The van der Waals surface area contributed by atoms with Gasteiger partial charge in [0.05, 0.1) is 11.0 Å². The second-order valence-corrected chi connectivity index (χ2v) is 13.8. The van der Waals surface area contributed by atoms with E-state index >= 15 is 0 Å². The van der Waals surface area contributed by atoms with E-state index in [0.717, 1.165) is 6.42 Å². The fourth-order valence-corrected chi connectivity index (χ4v) is 8.42. The van der Waals surface area contributed by atoms with Crippen LogP contribution in [0.3, 0.4) is 0 Å². The van der Waals surface area contributed by atoms with E-state index in [1.807, 2.05) is 0 Å². The van der Waals surface area contributed by atoms with E-state index in [2.05, 4.69) is 170 Å². The summed E-state index contributed by atoms with van der Waals surface area (Å²) in [5.41, 5.74) is 19.9. The number of para-hydroxylation sites is 2. The average molecular weight is 600 g/mol. The second kappa shape index (κ2) is 9.67. The van der Waals surface area contributed by atoms with Crippen LogP contribution in [0.15, 0.2) is 152 Å². The summed E-state index contributed by atoms with van der Waals surface area (Å²) in [6, 6.07) is 56.6. The van der Waals surface area contributed by atoms with Gasteiger partial charge in [0.2, 0.25) is 0 Å². The van der Waals surface area contributed by atoms with Gasteiger partial charge in [-0.2, -0.15) is 0 Å². The van der Waals surface area contributed by atoms with Crippen LogP contribution in [-0.4, -0.2) is 4.57 Å². The van der Waals surface area contributed by atoms with Crippen LogP contribution in [0.1, 0.15) is 36.1 Å². The molecule has 1 heterocycles. The van der Waals surface area contributed by atoms with Gasteiger partial charge < -0.3 is 4.57 Å². The monoisotopic (exact) mass is 599 g/mol. The molecule has 0 unspecified atom stereocenters. The maximum Gasteiger partial charge on any atom is 0.0541 e. The maximum atomic E-state index is 2.43. The van der Waals surface area contributed by atoms with Crippen LogP contribution in [-0.2, 0) is 11.8 Å². The Kier molecular flexibility index (Phi) is 5.46. The van der Waals surface area contributed by atoms with Gasteiger partial charge in [0.15, 0.2) is 0 Å². The summed E-state index contributed by atoms with van der Waals surface area (Å²) in [5.74, 6) is 0. The number of hydrogen-bond acceptors (Lipinski definition) is 0. The standard InChI is InChI=1S/C46H33N/c1-46(2)42-14-8-6-12-36(42)37-22-20-32(28-43(37)46)30-17-19-34-24-33-18-16-29(25-39(33)40(34)26-30)31-21-23-45-41(27-31)38-13-7-9-15-44(38)47(45)35-10-4-3-5-11-35/h3-23,25-28H,24H2,1-2H3. The Morgan fingerprint density at radius 2 is 1.00 bits per heavy atom. The molecule has 0 saturated heterocycles. The minimum absolute atomic E-state index is 0.00529. The van der Waals surface area contributed by atoms with Gasteiger partial charge in [-0.15, -0.1) is 0 Å². The Hall–Kier alpha value is -5.66. The Morgan fingerprint density at radius 1 is 0.426 bits per heavy atom. The Bertz CT molecular complexity index is 2560. The molecule has 0 amide bonds. The zero-order valence-corrected chi connectivity index (χ0v) is 26.6. The summed E-state index contributed by atoms with van der Waals surface area (Å²) in [4.78, 5) is 0. The number of benzene rings is 7. The third-order valence-electron chi connectivity index (χ3n) is 10.8. The molecule has 0 N–H and O–H groups in total. The first-order chi connectivity index (χ1) is 23.0. The van der Waals surface area contributed by atoms with Crippen LogP contribution in [0.2, 0.25) is 0 Å². The van der Waals surface area contributed by atoms with Gasteiger partial charge in [0, 0.05) is 21.9 Å². The molecule has 1 heteroatoms. The van der Waals surface area contributed by atoms with Gasteiger partial charge in [-0.3, -0.25) is 0 Å². The molecular weight excluding hydrogens is 567 g/mol. The minimum Gasteiger partial charge on any atom is -0.309 e. The van der Waals surface area contributed by atoms with Crippen LogP contribution in [0.4, 0.5) is 0 Å². The van der Waals surface area contributed by atoms with Crippen molar-refractivity contribution >= 4 is 21.8 Å². The van der Waals surface area contributed by atoms with Crippen molar-refractivity contribution in [1.82, 2.24) is 4.57 Å². The molecule has 1 aromatic heterocycles. The number of aromatic nitrogens is 1. The van der Waals surface area contributed by atoms with E-state index in [1.54, 1.807) is 0 Å². The molecule has 2 aliphatic carbocycles. The van der Waals surface area contributed by atoms with Crippen LogP contribution >= 0.6 is 0 Å². The first-order valence-electron chi connectivity index (χ1n) is 16.6. The summed E-state index contributed by atoms with van der Waals surface area (Å²) in [7, 11) is 0. The van der Waals surface area contributed by atoms with Crippen molar-refractivity contribution in [1.29, 1.82) is 0 Å². The molecule has 222 valence electrons. The lowest BCUT2D eigenvalue weighted by Crippen LogP contribution is -2.14. The highest BCUT2D eigenvalue weighted by atomic mass is 15.0. The Balaban J connectivity index is 1.06. The molecule has 2 aliphatic rings.